The van der Waals surface area contributed by atoms with Crippen molar-refractivity contribution in [1.82, 2.24) is 4.98 Å². The molecule has 1 amide bonds. The summed E-state index contributed by atoms with van der Waals surface area (Å²) in [5, 5.41) is 0. The van der Waals surface area contributed by atoms with E-state index in [0.717, 1.165) is 12.8 Å². The molecule has 0 bridgehead atoms. The van der Waals surface area contributed by atoms with Gasteiger partial charge in [-0.25, -0.2) is 0 Å². The lowest BCUT2D eigenvalue weighted by Gasteiger charge is -2.24. The molecule has 2 N–H and O–H groups in total. The predicted octanol–water partition coefficient (Wildman–Crippen LogP) is 1.44. The van der Waals surface area contributed by atoms with Gasteiger partial charge in [-0.05, 0) is 18.9 Å². The number of nitrogens with zero attached hydrogens (tertiary/aromatic N) is 2. The van der Waals surface area contributed by atoms with E-state index >= 15 is 0 Å². The fourth-order valence-electron chi connectivity index (χ4n) is 2.41. The SMILES string of the molecule is CCC1OCCC1C(=O)N(C)c1ccncc1N. The van der Waals surface area contributed by atoms with Crippen molar-refractivity contribution in [3.8, 4) is 0 Å². The third-order valence-electron chi connectivity index (χ3n) is 3.45. The summed E-state index contributed by atoms with van der Waals surface area (Å²) >= 11 is 0. The van der Waals surface area contributed by atoms with E-state index in [2.05, 4.69) is 4.98 Å². The van der Waals surface area contributed by atoms with Crippen LogP contribution in [0.4, 0.5) is 11.4 Å². The molecule has 1 fully saturated rings. The normalized spacial score (nSPS) is 23.0. The molecule has 1 aliphatic rings. The van der Waals surface area contributed by atoms with Crippen molar-refractivity contribution in [2.45, 2.75) is 25.9 Å². The van der Waals surface area contributed by atoms with Gasteiger partial charge in [-0.3, -0.25) is 9.78 Å². The van der Waals surface area contributed by atoms with Crippen LogP contribution in [0.1, 0.15) is 19.8 Å². The van der Waals surface area contributed by atoms with Crippen molar-refractivity contribution < 1.29 is 9.53 Å². The van der Waals surface area contributed by atoms with Gasteiger partial charge in [-0.1, -0.05) is 6.92 Å². The van der Waals surface area contributed by atoms with Crippen LogP contribution in [0.2, 0.25) is 0 Å². The fraction of sp³-hybridized carbons (Fsp3) is 0.538. The maximum absolute atomic E-state index is 12.4. The number of carbonyl (C=O) groups is 1. The van der Waals surface area contributed by atoms with Crippen molar-refractivity contribution in [1.29, 1.82) is 0 Å². The number of nitrogens with two attached hydrogens (primary N) is 1. The molecule has 98 valence electrons. The first kappa shape index (κ1) is 12.8. The molecule has 18 heavy (non-hydrogen) atoms. The minimum Gasteiger partial charge on any atom is -0.396 e. The molecule has 0 spiro atoms. The zero-order chi connectivity index (χ0) is 13.1. The highest BCUT2D eigenvalue weighted by molar-refractivity contribution is 5.97. The quantitative estimate of drug-likeness (QED) is 0.880. The summed E-state index contributed by atoms with van der Waals surface area (Å²) in [5.74, 6) is 0.00446. The number of nitrogen functional groups attached to an aromatic ring is 1. The van der Waals surface area contributed by atoms with Gasteiger partial charge in [0.1, 0.15) is 0 Å². The van der Waals surface area contributed by atoms with Gasteiger partial charge in [0.05, 0.1) is 29.6 Å². The monoisotopic (exact) mass is 249 g/mol. The van der Waals surface area contributed by atoms with E-state index in [9.17, 15) is 4.79 Å². The first-order valence-corrected chi connectivity index (χ1v) is 6.23. The second-order valence-electron chi connectivity index (χ2n) is 4.54. The van der Waals surface area contributed by atoms with Gasteiger partial charge >= 0.3 is 0 Å². The van der Waals surface area contributed by atoms with Crippen LogP contribution in [0.25, 0.3) is 0 Å². The summed E-state index contributed by atoms with van der Waals surface area (Å²) in [4.78, 5) is 18.0. The van der Waals surface area contributed by atoms with Crippen LogP contribution in [-0.2, 0) is 9.53 Å². The highest BCUT2D eigenvalue weighted by Crippen LogP contribution is 2.28. The largest absolute Gasteiger partial charge is 0.396 e. The summed E-state index contributed by atoms with van der Waals surface area (Å²) < 4.78 is 5.56. The van der Waals surface area contributed by atoms with E-state index in [-0.39, 0.29) is 17.9 Å². The fourth-order valence-corrected chi connectivity index (χ4v) is 2.41. The van der Waals surface area contributed by atoms with E-state index in [1.54, 1.807) is 30.4 Å². The van der Waals surface area contributed by atoms with Gasteiger partial charge < -0.3 is 15.4 Å². The van der Waals surface area contributed by atoms with E-state index in [0.29, 0.717) is 18.0 Å². The maximum atomic E-state index is 12.4. The smallest absolute Gasteiger partial charge is 0.232 e. The number of carbonyl (C=O) groups excluding carboxylic acids is 1. The van der Waals surface area contributed by atoms with Crippen LogP contribution in [-0.4, -0.2) is 30.6 Å². The van der Waals surface area contributed by atoms with Crippen molar-refractivity contribution in [2.75, 3.05) is 24.3 Å². The van der Waals surface area contributed by atoms with Crippen LogP contribution in [0.3, 0.4) is 0 Å². The van der Waals surface area contributed by atoms with E-state index in [1.807, 2.05) is 6.92 Å². The molecule has 2 heterocycles. The van der Waals surface area contributed by atoms with Crippen molar-refractivity contribution in [2.24, 2.45) is 5.92 Å². The zero-order valence-corrected chi connectivity index (χ0v) is 10.8. The summed E-state index contributed by atoms with van der Waals surface area (Å²) in [7, 11) is 1.75. The molecule has 1 aromatic heterocycles. The third kappa shape index (κ3) is 2.31. The number of aromatic nitrogens is 1. The van der Waals surface area contributed by atoms with Gasteiger partial charge in [0, 0.05) is 19.9 Å². The molecule has 1 aliphatic heterocycles. The Balaban J connectivity index is 2.16. The molecular formula is C13H19N3O2. The lowest BCUT2D eigenvalue weighted by Crippen LogP contribution is -2.37. The first-order chi connectivity index (χ1) is 8.65. The topological polar surface area (TPSA) is 68.5 Å². The van der Waals surface area contributed by atoms with Crippen molar-refractivity contribution in [3.63, 3.8) is 0 Å². The standard InChI is InChI=1S/C13H19N3O2/c1-3-12-9(5-7-18-12)13(17)16(2)11-4-6-15-8-10(11)14/h4,6,8-9,12H,3,5,7,14H2,1-2H3. The number of pyridine rings is 1. The van der Waals surface area contributed by atoms with Crippen molar-refractivity contribution in [3.05, 3.63) is 18.5 Å². The van der Waals surface area contributed by atoms with Gasteiger partial charge in [-0.15, -0.1) is 0 Å². The van der Waals surface area contributed by atoms with E-state index in [4.69, 9.17) is 10.5 Å². The van der Waals surface area contributed by atoms with Gasteiger partial charge in [0.15, 0.2) is 0 Å². The number of anilines is 2. The molecule has 2 unspecified atom stereocenters. The number of amides is 1. The Morgan fingerprint density at radius 1 is 1.67 bits per heavy atom. The molecule has 1 aromatic rings. The average Bonchev–Trinajstić information content (AvgIpc) is 2.86. The van der Waals surface area contributed by atoms with E-state index < -0.39 is 0 Å². The van der Waals surface area contributed by atoms with E-state index in [1.165, 1.54) is 0 Å². The number of hydrogen-bond acceptors (Lipinski definition) is 4. The molecule has 1 saturated heterocycles. The zero-order valence-electron chi connectivity index (χ0n) is 10.8. The van der Waals surface area contributed by atoms with Gasteiger partial charge in [-0.2, -0.15) is 0 Å². The second-order valence-corrected chi connectivity index (χ2v) is 4.54. The summed E-state index contributed by atoms with van der Waals surface area (Å²) in [5.41, 5.74) is 7.06. The Morgan fingerprint density at radius 2 is 2.44 bits per heavy atom. The molecule has 2 rings (SSSR count). The van der Waals surface area contributed by atoms with Gasteiger partial charge in [0.25, 0.3) is 0 Å². The molecule has 5 nitrogen and oxygen atoms in total. The second kappa shape index (κ2) is 5.35. The number of rotatable bonds is 3. The molecule has 0 saturated carbocycles. The summed E-state index contributed by atoms with van der Waals surface area (Å²) in [6, 6.07) is 1.75. The number of hydrogen-bond donors (Lipinski definition) is 1. The maximum Gasteiger partial charge on any atom is 0.232 e. The molecule has 0 aliphatic carbocycles. The molecule has 0 aromatic carbocycles. The first-order valence-electron chi connectivity index (χ1n) is 6.23. The minimum absolute atomic E-state index is 0.0306. The Labute approximate surface area is 107 Å². The number of ether oxygens (including phenoxy) is 1. The van der Waals surface area contributed by atoms with Gasteiger partial charge in [0.2, 0.25) is 5.91 Å². The van der Waals surface area contributed by atoms with Crippen LogP contribution in [0.15, 0.2) is 18.5 Å². The van der Waals surface area contributed by atoms with Crippen molar-refractivity contribution >= 4 is 17.3 Å². The Kier molecular flexibility index (Phi) is 3.81. The van der Waals surface area contributed by atoms with Crippen LogP contribution < -0.4 is 10.6 Å². The van der Waals surface area contributed by atoms with Crippen LogP contribution in [0, 0.1) is 5.92 Å². The average molecular weight is 249 g/mol. The Morgan fingerprint density at radius 3 is 3.11 bits per heavy atom. The third-order valence-corrected chi connectivity index (χ3v) is 3.45. The minimum atomic E-state index is -0.0624. The van der Waals surface area contributed by atoms with Crippen LogP contribution >= 0.6 is 0 Å². The lowest BCUT2D eigenvalue weighted by molar-refractivity contribution is -0.123. The highest BCUT2D eigenvalue weighted by atomic mass is 16.5. The van der Waals surface area contributed by atoms with Crippen LogP contribution in [0.5, 0.6) is 0 Å². The summed E-state index contributed by atoms with van der Waals surface area (Å²) in [6.45, 7) is 2.70. The molecule has 2 atom stereocenters. The summed E-state index contributed by atoms with van der Waals surface area (Å²) in [6.07, 6.45) is 4.87. The lowest BCUT2D eigenvalue weighted by atomic mass is 9.98. The molecule has 0 radical (unpaired) electrons. The highest BCUT2D eigenvalue weighted by Gasteiger charge is 2.35. The predicted molar refractivity (Wildman–Crippen MR) is 70.2 cm³/mol. The Hall–Kier alpha value is -1.62. The Bertz CT molecular complexity index is 436. The molecular weight excluding hydrogens is 230 g/mol. The molecule has 5 heteroatoms.